The van der Waals surface area contributed by atoms with Gasteiger partial charge in [-0.3, -0.25) is 0 Å². The Morgan fingerprint density at radius 3 is 2.69 bits per heavy atom. The van der Waals surface area contributed by atoms with Crippen LogP contribution in [-0.4, -0.2) is 48.2 Å². The number of likely N-dealkylation sites (tertiary alicyclic amines) is 1. The Morgan fingerprint density at radius 1 is 1.17 bits per heavy atom. The first-order valence-corrected chi connectivity index (χ1v) is 9.81. The minimum Gasteiger partial charge on any atom is -0.497 e. The van der Waals surface area contributed by atoms with E-state index in [1.54, 1.807) is 13.2 Å². The zero-order chi connectivity index (χ0) is 20.4. The zero-order valence-electron chi connectivity index (χ0n) is 16.3. The van der Waals surface area contributed by atoms with Crippen molar-refractivity contribution >= 4 is 34.0 Å². The number of rotatable bonds is 5. The molecule has 3 aromatic rings. The largest absolute Gasteiger partial charge is 0.497 e. The van der Waals surface area contributed by atoms with Crippen LogP contribution in [0.3, 0.4) is 0 Å². The van der Waals surface area contributed by atoms with Crippen LogP contribution >= 0.6 is 11.6 Å². The van der Waals surface area contributed by atoms with E-state index >= 15 is 0 Å². The van der Waals surface area contributed by atoms with Gasteiger partial charge in [0.05, 0.1) is 23.0 Å². The molecule has 1 N–H and O–H groups in total. The molecular weight excluding hydrogens is 395 g/mol. The van der Waals surface area contributed by atoms with Crippen molar-refractivity contribution in [3.05, 3.63) is 47.5 Å². The van der Waals surface area contributed by atoms with Gasteiger partial charge in [0.2, 0.25) is 0 Å². The van der Waals surface area contributed by atoms with Gasteiger partial charge in [-0.05, 0) is 38.1 Å². The van der Waals surface area contributed by atoms with Crippen LogP contribution in [0.15, 0.2) is 36.7 Å². The summed E-state index contributed by atoms with van der Waals surface area (Å²) in [5, 5.41) is 3.99. The molecule has 1 aromatic heterocycles. The van der Waals surface area contributed by atoms with Gasteiger partial charge < -0.3 is 19.7 Å². The third-order valence-corrected chi connectivity index (χ3v) is 5.34. The first-order chi connectivity index (χ1) is 14.0. The van der Waals surface area contributed by atoms with Crippen LogP contribution < -0.4 is 14.8 Å². The number of hydrogen-bond acceptors (Lipinski definition) is 6. The molecule has 0 atom stereocenters. The molecule has 2 aromatic carbocycles. The number of fused-ring (bicyclic) bond motifs is 1. The molecule has 0 saturated carbocycles. The molecule has 6 nitrogen and oxygen atoms in total. The lowest BCUT2D eigenvalue weighted by atomic mass is 10.1. The third-order valence-electron chi connectivity index (χ3n) is 5.05. The highest BCUT2D eigenvalue weighted by atomic mass is 35.5. The van der Waals surface area contributed by atoms with Crippen molar-refractivity contribution in [2.45, 2.75) is 18.9 Å². The van der Waals surface area contributed by atoms with Gasteiger partial charge in [-0.25, -0.2) is 14.4 Å². The van der Waals surface area contributed by atoms with Crippen molar-refractivity contribution in [3.63, 3.8) is 0 Å². The molecule has 0 bridgehead atoms. The summed E-state index contributed by atoms with van der Waals surface area (Å²) in [5.74, 6) is 1.41. The summed E-state index contributed by atoms with van der Waals surface area (Å²) in [6, 6.07) is 8.13. The van der Waals surface area contributed by atoms with Gasteiger partial charge in [-0.15, -0.1) is 0 Å². The quantitative estimate of drug-likeness (QED) is 0.653. The van der Waals surface area contributed by atoms with Crippen molar-refractivity contribution in [2.24, 2.45) is 0 Å². The monoisotopic (exact) mass is 416 g/mol. The molecular formula is C21H22ClFN4O2. The summed E-state index contributed by atoms with van der Waals surface area (Å²) in [4.78, 5) is 11.1. The number of piperidine rings is 1. The van der Waals surface area contributed by atoms with Gasteiger partial charge in [-0.1, -0.05) is 11.6 Å². The highest BCUT2D eigenvalue weighted by Crippen LogP contribution is 2.37. The molecule has 8 heteroatoms. The average molecular weight is 417 g/mol. The molecule has 2 heterocycles. The molecule has 4 rings (SSSR count). The number of benzene rings is 2. The Balaban J connectivity index is 1.73. The number of halogens is 2. The van der Waals surface area contributed by atoms with Crippen molar-refractivity contribution in [2.75, 3.05) is 32.6 Å². The standard InChI is InChI=1S/C21H22ClFN4O2/c1-27-7-5-14(6-8-27)29-19-11-15(28-2)10-18-20(19)21(25-12-24-18)26-13-3-4-17(23)16(22)9-13/h3-4,9-12,14H,5-8H2,1-2H3,(H,24,25,26). The van der Waals surface area contributed by atoms with E-state index in [0.29, 0.717) is 28.5 Å². The van der Waals surface area contributed by atoms with Crippen LogP contribution in [0.4, 0.5) is 15.9 Å². The summed E-state index contributed by atoms with van der Waals surface area (Å²) in [6.07, 6.45) is 3.46. The lowest BCUT2D eigenvalue weighted by molar-refractivity contribution is 0.115. The van der Waals surface area contributed by atoms with E-state index in [9.17, 15) is 4.39 Å². The fourth-order valence-corrected chi connectivity index (χ4v) is 3.61. The van der Waals surface area contributed by atoms with E-state index in [4.69, 9.17) is 21.1 Å². The normalized spacial score (nSPS) is 15.4. The maximum atomic E-state index is 13.5. The number of ether oxygens (including phenoxy) is 2. The Bertz CT molecular complexity index is 1020. The summed E-state index contributed by atoms with van der Waals surface area (Å²) in [5.41, 5.74) is 1.32. The van der Waals surface area contributed by atoms with Gasteiger partial charge in [0.15, 0.2) is 0 Å². The van der Waals surface area contributed by atoms with Crippen molar-refractivity contribution in [3.8, 4) is 11.5 Å². The molecule has 1 aliphatic heterocycles. The SMILES string of the molecule is COc1cc(OC2CCN(C)CC2)c2c(Nc3ccc(F)c(Cl)c3)ncnc2c1. The van der Waals surface area contributed by atoms with Crippen LogP contribution in [0.1, 0.15) is 12.8 Å². The summed E-state index contributed by atoms with van der Waals surface area (Å²) in [7, 11) is 3.72. The first kappa shape index (κ1) is 19.7. The highest BCUT2D eigenvalue weighted by Gasteiger charge is 2.21. The van der Waals surface area contributed by atoms with E-state index in [-0.39, 0.29) is 11.1 Å². The molecule has 0 radical (unpaired) electrons. The summed E-state index contributed by atoms with van der Waals surface area (Å²) in [6.45, 7) is 1.98. The molecule has 0 amide bonds. The smallest absolute Gasteiger partial charge is 0.145 e. The lowest BCUT2D eigenvalue weighted by Crippen LogP contribution is -2.35. The number of aromatic nitrogens is 2. The molecule has 0 spiro atoms. The van der Waals surface area contributed by atoms with Gasteiger partial charge in [0.25, 0.3) is 0 Å². The number of methoxy groups -OCH3 is 1. The molecule has 1 fully saturated rings. The fraction of sp³-hybridized carbons (Fsp3) is 0.333. The van der Waals surface area contributed by atoms with Crippen LogP contribution in [0, 0.1) is 5.82 Å². The van der Waals surface area contributed by atoms with Crippen molar-refractivity contribution in [1.82, 2.24) is 14.9 Å². The molecule has 1 saturated heterocycles. The second-order valence-electron chi connectivity index (χ2n) is 7.12. The molecule has 0 unspecified atom stereocenters. The van der Waals surface area contributed by atoms with Crippen LogP contribution in [0.2, 0.25) is 5.02 Å². The summed E-state index contributed by atoms with van der Waals surface area (Å²) < 4.78 is 25.3. The van der Waals surface area contributed by atoms with Gasteiger partial charge in [0, 0.05) is 30.9 Å². The van der Waals surface area contributed by atoms with E-state index in [2.05, 4.69) is 27.2 Å². The second kappa shape index (κ2) is 8.39. The van der Waals surface area contributed by atoms with Crippen molar-refractivity contribution < 1.29 is 13.9 Å². The molecule has 29 heavy (non-hydrogen) atoms. The predicted molar refractivity (Wildman–Crippen MR) is 112 cm³/mol. The number of hydrogen-bond donors (Lipinski definition) is 1. The minimum atomic E-state index is -0.471. The predicted octanol–water partition coefficient (Wildman–Crippen LogP) is 4.65. The van der Waals surface area contributed by atoms with E-state index in [1.807, 2.05) is 12.1 Å². The minimum absolute atomic E-state index is 0.0397. The Morgan fingerprint density at radius 2 is 1.97 bits per heavy atom. The maximum Gasteiger partial charge on any atom is 0.145 e. The Hall–Kier alpha value is -2.64. The van der Waals surface area contributed by atoms with Crippen LogP contribution in [-0.2, 0) is 0 Å². The van der Waals surface area contributed by atoms with Crippen molar-refractivity contribution in [1.29, 1.82) is 0 Å². The van der Waals surface area contributed by atoms with Gasteiger partial charge in [0.1, 0.15) is 35.6 Å². The maximum absolute atomic E-state index is 13.5. The Kier molecular flexibility index (Phi) is 5.69. The first-order valence-electron chi connectivity index (χ1n) is 9.43. The molecule has 0 aliphatic carbocycles. The van der Waals surface area contributed by atoms with E-state index in [0.717, 1.165) is 31.3 Å². The fourth-order valence-electron chi connectivity index (χ4n) is 3.43. The zero-order valence-corrected chi connectivity index (χ0v) is 17.0. The van der Waals surface area contributed by atoms with Gasteiger partial charge >= 0.3 is 0 Å². The Labute approximate surface area is 173 Å². The van der Waals surface area contributed by atoms with Crippen LogP contribution in [0.5, 0.6) is 11.5 Å². The number of nitrogens with zero attached hydrogens (tertiary/aromatic N) is 3. The van der Waals surface area contributed by atoms with E-state index < -0.39 is 5.82 Å². The molecule has 1 aliphatic rings. The average Bonchev–Trinajstić information content (AvgIpc) is 2.72. The summed E-state index contributed by atoms with van der Waals surface area (Å²) >= 11 is 5.92. The topological polar surface area (TPSA) is 59.5 Å². The van der Waals surface area contributed by atoms with E-state index in [1.165, 1.54) is 18.5 Å². The van der Waals surface area contributed by atoms with Crippen LogP contribution in [0.25, 0.3) is 10.9 Å². The third kappa shape index (κ3) is 4.36. The number of nitrogens with one attached hydrogen (secondary N) is 1. The number of anilines is 2. The highest BCUT2D eigenvalue weighted by molar-refractivity contribution is 6.31. The lowest BCUT2D eigenvalue weighted by Gasteiger charge is -2.29. The molecule has 152 valence electrons. The van der Waals surface area contributed by atoms with Gasteiger partial charge in [-0.2, -0.15) is 0 Å². The second-order valence-corrected chi connectivity index (χ2v) is 7.52.